The molecule has 5 aromatic rings. The minimum absolute atomic E-state index is 0.0658. The molecule has 0 saturated carbocycles. The van der Waals surface area contributed by atoms with Crippen LogP contribution in [0.15, 0.2) is 108 Å². The Hall–Kier alpha value is -4.69. The summed E-state index contributed by atoms with van der Waals surface area (Å²) in [5, 5.41) is 5.73. The molecule has 7 nitrogen and oxygen atoms in total. The number of aryl methyl sites for hydroxylation is 2. The van der Waals surface area contributed by atoms with Gasteiger partial charge in [0, 0.05) is 42.5 Å². The molecule has 9 heteroatoms. The second-order valence-corrected chi connectivity index (χ2v) is 10.2. The molecule has 0 aliphatic carbocycles. The standard InChI is InChI=1S/C31H26ClFN6O/c1-3-37(2)30(36-34)31(38-14-12-35-19-38,22-7-9-25(33)10-8-22)23-15-21-11-13-39-28(40)18-26(27(17-23)29(21)39)20-5-4-6-24(32)16-20/h3-10,12,14-19H,1,11,13,34H2,2H3/b36-30-. The van der Waals surface area contributed by atoms with Crippen molar-refractivity contribution in [2.24, 2.45) is 10.9 Å². The van der Waals surface area contributed by atoms with Crippen LogP contribution in [-0.4, -0.2) is 31.9 Å². The minimum Gasteiger partial charge on any atom is -0.336 e. The summed E-state index contributed by atoms with van der Waals surface area (Å²) in [6.07, 6.45) is 7.49. The zero-order chi connectivity index (χ0) is 28.0. The normalized spacial score (nSPS) is 14.3. The Morgan fingerprint density at radius 2 is 1.98 bits per heavy atom. The number of amidine groups is 1. The number of imidazole rings is 1. The highest BCUT2D eigenvalue weighted by Gasteiger charge is 2.44. The number of rotatable bonds is 6. The predicted molar refractivity (Wildman–Crippen MR) is 157 cm³/mol. The van der Waals surface area contributed by atoms with Crippen LogP contribution in [0.3, 0.4) is 0 Å². The Morgan fingerprint density at radius 1 is 1.18 bits per heavy atom. The van der Waals surface area contributed by atoms with E-state index in [2.05, 4.69) is 28.8 Å². The molecule has 2 N–H and O–H groups in total. The van der Waals surface area contributed by atoms with E-state index in [1.165, 1.54) is 12.1 Å². The first-order chi connectivity index (χ1) is 19.4. The summed E-state index contributed by atoms with van der Waals surface area (Å²) in [6.45, 7) is 4.52. The van der Waals surface area contributed by atoms with Crippen LogP contribution in [0.2, 0.25) is 5.02 Å². The van der Waals surface area contributed by atoms with Crippen molar-refractivity contribution in [2.75, 3.05) is 7.05 Å². The molecule has 6 rings (SSSR count). The first-order valence-electron chi connectivity index (χ1n) is 12.7. The first-order valence-corrected chi connectivity index (χ1v) is 13.1. The fraction of sp³-hybridized carbons (Fsp3) is 0.129. The zero-order valence-electron chi connectivity index (χ0n) is 21.8. The highest BCUT2D eigenvalue weighted by Crippen LogP contribution is 2.42. The largest absolute Gasteiger partial charge is 0.336 e. The molecule has 200 valence electrons. The molecule has 1 atom stereocenters. The number of pyridine rings is 1. The maximum atomic E-state index is 14.2. The van der Waals surface area contributed by atoms with E-state index in [4.69, 9.17) is 17.4 Å². The van der Waals surface area contributed by atoms with Crippen molar-refractivity contribution in [3.63, 3.8) is 0 Å². The first kappa shape index (κ1) is 25.6. The van der Waals surface area contributed by atoms with Crippen molar-refractivity contribution in [3.05, 3.63) is 136 Å². The summed E-state index contributed by atoms with van der Waals surface area (Å²) in [4.78, 5) is 19.3. The smallest absolute Gasteiger partial charge is 0.251 e. The molecule has 0 saturated heterocycles. The lowest BCUT2D eigenvalue weighted by Gasteiger charge is -2.40. The van der Waals surface area contributed by atoms with Gasteiger partial charge in [-0.25, -0.2) is 9.37 Å². The number of nitrogens with zero attached hydrogens (tertiary/aromatic N) is 5. The maximum absolute atomic E-state index is 14.2. The summed E-state index contributed by atoms with van der Waals surface area (Å²) in [7, 11) is 1.81. The lowest BCUT2D eigenvalue weighted by molar-refractivity contribution is 0.500. The molecule has 0 radical (unpaired) electrons. The van der Waals surface area contributed by atoms with Crippen LogP contribution in [0.4, 0.5) is 4.39 Å². The number of nitrogens with two attached hydrogens (primary N) is 1. The van der Waals surface area contributed by atoms with Crippen LogP contribution in [-0.2, 0) is 18.5 Å². The number of hydrogen-bond acceptors (Lipinski definition) is 4. The SMILES string of the molecule is C=CN(C)/C(=N\N)C(c1ccc(F)cc1)(c1cc2c3c(c1)c(-c1cccc(Cl)c1)cc(=O)n3CC2)n1ccnc1. The highest BCUT2D eigenvalue weighted by molar-refractivity contribution is 6.30. The van der Waals surface area contributed by atoms with Gasteiger partial charge in [-0.3, -0.25) is 4.79 Å². The van der Waals surface area contributed by atoms with E-state index in [-0.39, 0.29) is 11.4 Å². The molecule has 2 aromatic heterocycles. The molecule has 0 spiro atoms. The third kappa shape index (κ3) is 3.83. The van der Waals surface area contributed by atoms with Crippen LogP contribution < -0.4 is 11.4 Å². The van der Waals surface area contributed by atoms with Crippen LogP contribution in [0.5, 0.6) is 0 Å². The lowest BCUT2D eigenvalue weighted by Crippen LogP contribution is -2.50. The summed E-state index contributed by atoms with van der Waals surface area (Å²) in [5.74, 6) is 6.20. The van der Waals surface area contributed by atoms with E-state index in [0.717, 1.165) is 33.2 Å². The third-order valence-corrected chi connectivity index (χ3v) is 7.88. The Kier molecular flexibility index (Phi) is 6.27. The number of aromatic nitrogens is 3. The van der Waals surface area contributed by atoms with E-state index in [1.54, 1.807) is 47.9 Å². The highest BCUT2D eigenvalue weighted by atomic mass is 35.5. The second kappa shape index (κ2) is 9.81. The molecule has 0 amide bonds. The lowest BCUT2D eigenvalue weighted by atomic mass is 9.78. The minimum atomic E-state index is -1.16. The van der Waals surface area contributed by atoms with Gasteiger partial charge in [0.05, 0.1) is 11.8 Å². The van der Waals surface area contributed by atoms with Crippen molar-refractivity contribution >= 4 is 28.3 Å². The summed E-state index contributed by atoms with van der Waals surface area (Å²) < 4.78 is 17.9. The topological polar surface area (TPSA) is 81.4 Å². The fourth-order valence-corrected chi connectivity index (χ4v) is 6.06. The van der Waals surface area contributed by atoms with Crippen molar-refractivity contribution in [3.8, 4) is 11.1 Å². The molecule has 1 aliphatic heterocycles. The van der Waals surface area contributed by atoms with Gasteiger partial charge in [-0.2, -0.15) is 5.10 Å². The monoisotopic (exact) mass is 552 g/mol. The van der Waals surface area contributed by atoms with Crippen LogP contribution in [0.1, 0.15) is 16.7 Å². The van der Waals surface area contributed by atoms with Crippen molar-refractivity contribution in [2.45, 2.75) is 18.5 Å². The van der Waals surface area contributed by atoms with Crippen LogP contribution in [0.25, 0.3) is 22.0 Å². The number of likely N-dealkylation sites (N-methyl/N-ethyl adjacent to an activating group) is 1. The number of hydrazone groups is 1. The Balaban J connectivity index is 1.78. The van der Waals surface area contributed by atoms with Gasteiger partial charge >= 0.3 is 0 Å². The molecule has 1 aliphatic rings. The van der Waals surface area contributed by atoms with Crippen molar-refractivity contribution < 1.29 is 4.39 Å². The third-order valence-electron chi connectivity index (χ3n) is 7.65. The van der Waals surface area contributed by atoms with Gasteiger partial charge in [0.1, 0.15) is 5.82 Å². The van der Waals surface area contributed by atoms with Crippen LogP contribution >= 0.6 is 11.6 Å². The van der Waals surface area contributed by atoms with Gasteiger partial charge in [-0.1, -0.05) is 48.5 Å². The van der Waals surface area contributed by atoms with E-state index < -0.39 is 5.54 Å². The molecular formula is C31H26ClFN6O. The summed E-state index contributed by atoms with van der Waals surface area (Å²) in [5.41, 5.74) is 3.79. The Labute approximate surface area is 235 Å². The van der Waals surface area contributed by atoms with Crippen LogP contribution in [0, 0.1) is 5.82 Å². The van der Waals surface area contributed by atoms with Gasteiger partial charge in [0.2, 0.25) is 0 Å². The molecule has 3 aromatic carbocycles. The quantitative estimate of drug-likeness (QED) is 0.133. The Bertz CT molecular complexity index is 1850. The molecule has 40 heavy (non-hydrogen) atoms. The van der Waals surface area contributed by atoms with E-state index in [9.17, 15) is 9.18 Å². The van der Waals surface area contributed by atoms with Crippen molar-refractivity contribution in [1.29, 1.82) is 0 Å². The molecule has 1 unspecified atom stereocenters. The average molecular weight is 553 g/mol. The van der Waals surface area contributed by atoms with E-state index in [1.807, 2.05) is 40.6 Å². The molecular weight excluding hydrogens is 527 g/mol. The van der Waals surface area contributed by atoms with Gasteiger partial charge in [-0.05, 0) is 70.8 Å². The van der Waals surface area contributed by atoms with Gasteiger partial charge in [0.25, 0.3) is 5.56 Å². The summed E-state index contributed by atoms with van der Waals surface area (Å²) in [6, 6.07) is 19.5. The van der Waals surface area contributed by atoms with Crippen molar-refractivity contribution in [1.82, 2.24) is 19.0 Å². The predicted octanol–water partition coefficient (Wildman–Crippen LogP) is 5.35. The fourth-order valence-electron chi connectivity index (χ4n) is 5.87. The second-order valence-electron chi connectivity index (χ2n) is 9.77. The molecule has 0 bridgehead atoms. The Morgan fingerprint density at radius 3 is 2.65 bits per heavy atom. The van der Waals surface area contributed by atoms with E-state index in [0.29, 0.717) is 29.4 Å². The van der Waals surface area contributed by atoms with Gasteiger partial charge in [-0.15, -0.1) is 0 Å². The number of halogens is 2. The average Bonchev–Trinajstić information content (AvgIpc) is 3.65. The summed E-state index contributed by atoms with van der Waals surface area (Å²) >= 11 is 6.37. The number of benzene rings is 3. The number of hydrogen-bond donors (Lipinski definition) is 1. The molecule has 3 heterocycles. The maximum Gasteiger partial charge on any atom is 0.251 e. The zero-order valence-corrected chi connectivity index (χ0v) is 22.5. The van der Waals surface area contributed by atoms with E-state index >= 15 is 0 Å². The van der Waals surface area contributed by atoms with Gasteiger partial charge in [0.15, 0.2) is 11.4 Å². The molecule has 0 fully saturated rings. The van der Waals surface area contributed by atoms with Gasteiger partial charge < -0.3 is 19.9 Å².